The lowest BCUT2D eigenvalue weighted by Crippen LogP contribution is -1.97. The topological polar surface area (TPSA) is 0 Å². The van der Waals surface area contributed by atoms with Crippen molar-refractivity contribution in [3.05, 3.63) is 155 Å². The second kappa shape index (κ2) is 14.6. The maximum absolute atomic E-state index is 4.26. The van der Waals surface area contributed by atoms with Crippen molar-refractivity contribution in [3.63, 3.8) is 0 Å². The van der Waals surface area contributed by atoms with Crippen LogP contribution >= 0.6 is 0 Å². The summed E-state index contributed by atoms with van der Waals surface area (Å²) in [6, 6.07) is 4.56. The van der Waals surface area contributed by atoms with Crippen molar-refractivity contribution < 1.29 is 0 Å². The molecule has 0 saturated carbocycles. The Morgan fingerprint density at radius 3 is 2.34 bits per heavy atom. The van der Waals surface area contributed by atoms with E-state index in [1.54, 1.807) is 0 Å². The molecule has 1 aromatic rings. The molecule has 0 heteroatoms. The first kappa shape index (κ1) is 27.6. The third-order valence-corrected chi connectivity index (χ3v) is 5.98. The van der Waals surface area contributed by atoms with Crippen LogP contribution in [0.3, 0.4) is 0 Å². The first-order chi connectivity index (χ1) is 17.0. The quantitative estimate of drug-likeness (QED) is 0.272. The Kier molecular flexibility index (Phi) is 11.5. The van der Waals surface area contributed by atoms with Crippen molar-refractivity contribution in [2.45, 2.75) is 47.0 Å². The van der Waals surface area contributed by atoms with Gasteiger partial charge in [0.25, 0.3) is 0 Å². The van der Waals surface area contributed by atoms with Crippen LogP contribution in [0, 0.1) is 0 Å². The van der Waals surface area contributed by atoms with Gasteiger partial charge in [0.05, 0.1) is 0 Å². The molecule has 1 aromatic carbocycles. The minimum Gasteiger partial charge on any atom is -0.0990 e. The highest BCUT2D eigenvalue weighted by Gasteiger charge is 2.13. The first-order valence-corrected chi connectivity index (χ1v) is 12.4. The molecule has 35 heavy (non-hydrogen) atoms. The second-order valence-electron chi connectivity index (χ2n) is 8.74. The summed E-state index contributed by atoms with van der Waals surface area (Å²) in [5.74, 6) is 0. The predicted molar refractivity (Wildman–Crippen MR) is 159 cm³/mol. The SMILES string of the molecule is C=C/C=C(C(/C=CC)=C/C=C)\C(=C\C=Cc1c(CC/C(C)=C\C=CC)ccc2c1CC=C2)C(=C)C. The fraction of sp³-hybridized carbons (Fsp3) is 0.200. The summed E-state index contributed by atoms with van der Waals surface area (Å²) < 4.78 is 0. The van der Waals surface area contributed by atoms with Gasteiger partial charge in [-0.1, -0.05) is 128 Å². The Bertz CT molecular complexity index is 1180. The number of hydrogen-bond acceptors (Lipinski definition) is 0. The van der Waals surface area contributed by atoms with E-state index >= 15 is 0 Å². The molecule has 1 aliphatic carbocycles. The van der Waals surface area contributed by atoms with Gasteiger partial charge in [0.2, 0.25) is 0 Å². The molecule has 0 saturated heterocycles. The van der Waals surface area contributed by atoms with Crippen molar-refractivity contribution in [2.75, 3.05) is 0 Å². The molecule has 0 aromatic heterocycles. The summed E-state index contributed by atoms with van der Waals surface area (Å²) in [5, 5.41) is 0. The largest absolute Gasteiger partial charge is 0.0990 e. The van der Waals surface area contributed by atoms with Crippen LogP contribution < -0.4 is 0 Å². The van der Waals surface area contributed by atoms with Gasteiger partial charge in [0.1, 0.15) is 0 Å². The van der Waals surface area contributed by atoms with E-state index in [0.29, 0.717) is 0 Å². The summed E-state index contributed by atoms with van der Waals surface area (Å²) in [6.07, 6.45) is 32.4. The van der Waals surface area contributed by atoms with E-state index in [0.717, 1.165) is 41.6 Å². The maximum atomic E-state index is 4.26. The summed E-state index contributed by atoms with van der Waals surface area (Å²) in [4.78, 5) is 0. The molecule has 180 valence electrons. The molecule has 0 heterocycles. The minimum atomic E-state index is 0.989. The summed E-state index contributed by atoms with van der Waals surface area (Å²) in [5.41, 5.74) is 11.1. The molecule has 0 radical (unpaired) electrons. The maximum Gasteiger partial charge on any atom is -0.00821 e. The average molecular weight is 461 g/mol. The Labute approximate surface area is 213 Å². The van der Waals surface area contributed by atoms with Crippen LogP contribution in [0.25, 0.3) is 12.2 Å². The van der Waals surface area contributed by atoms with Crippen molar-refractivity contribution in [1.82, 2.24) is 0 Å². The smallest absolute Gasteiger partial charge is 0.00821 e. The van der Waals surface area contributed by atoms with E-state index in [-0.39, 0.29) is 0 Å². The van der Waals surface area contributed by atoms with E-state index in [4.69, 9.17) is 0 Å². The number of aryl methyl sites for hydroxylation is 1. The Balaban J connectivity index is 2.49. The third-order valence-electron chi connectivity index (χ3n) is 5.98. The fourth-order valence-electron chi connectivity index (χ4n) is 4.22. The highest BCUT2D eigenvalue weighted by molar-refractivity contribution is 5.71. The zero-order valence-electron chi connectivity index (χ0n) is 22.0. The van der Waals surface area contributed by atoms with E-state index < -0.39 is 0 Å². The molecule has 0 amide bonds. The van der Waals surface area contributed by atoms with Crippen LogP contribution in [0.5, 0.6) is 0 Å². The van der Waals surface area contributed by atoms with Crippen LogP contribution in [0.15, 0.2) is 133 Å². The molecule has 2 rings (SSSR count). The number of rotatable bonds is 12. The van der Waals surface area contributed by atoms with Crippen LogP contribution in [0.4, 0.5) is 0 Å². The molecule has 0 fully saturated rings. The molecule has 0 aliphatic heterocycles. The molecule has 0 N–H and O–H groups in total. The Hall–Kier alpha value is -3.64. The van der Waals surface area contributed by atoms with Crippen LogP contribution in [0.2, 0.25) is 0 Å². The van der Waals surface area contributed by atoms with Crippen LogP contribution in [-0.2, 0) is 12.8 Å². The van der Waals surface area contributed by atoms with Crippen molar-refractivity contribution in [2.24, 2.45) is 0 Å². The molecule has 0 nitrogen and oxygen atoms in total. The number of hydrogen-bond donors (Lipinski definition) is 0. The van der Waals surface area contributed by atoms with Gasteiger partial charge in [-0.3, -0.25) is 0 Å². The number of fused-ring (bicyclic) bond motifs is 1. The Morgan fingerprint density at radius 1 is 0.914 bits per heavy atom. The lowest BCUT2D eigenvalue weighted by molar-refractivity contribution is 0.935. The monoisotopic (exact) mass is 460 g/mol. The minimum absolute atomic E-state index is 0.989. The molecular weight excluding hydrogens is 420 g/mol. The van der Waals surface area contributed by atoms with Crippen molar-refractivity contribution in [3.8, 4) is 0 Å². The van der Waals surface area contributed by atoms with Gasteiger partial charge in [0, 0.05) is 0 Å². The van der Waals surface area contributed by atoms with Gasteiger partial charge in [-0.25, -0.2) is 0 Å². The Morgan fingerprint density at radius 2 is 1.69 bits per heavy atom. The molecule has 0 bridgehead atoms. The van der Waals surface area contributed by atoms with E-state index in [1.165, 1.54) is 27.8 Å². The summed E-state index contributed by atoms with van der Waals surface area (Å²) >= 11 is 0. The van der Waals surface area contributed by atoms with Gasteiger partial charge in [-0.15, -0.1) is 0 Å². The van der Waals surface area contributed by atoms with E-state index in [9.17, 15) is 0 Å². The van der Waals surface area contributed by atoms with Crippen molar-refractivity contribution in [1.29, 1.82) is 0 Å². The van der Waals surface area contributed by atoms with Gasteiger partial charge in [0.15, 0.2) is 0 Å². The molecule has 1 aliphatic rings. The summed E-state index contributed by atoms with van der Waals surface area (Å²) in [7, 11) is 0. The standard InChI is InChI=1S/C35H40/c1-8-12-18-28(7)23-24-31-26-25-30-19-13-21-34(30)35(31)22-14-20-32(27(5)6)33(17-11-4)29(15-9-2)16-10-3/h8-20,22,25-26H,2,4-5,21,23-24H2,1,3,6-7H3/b12-8?,16-10?,22-14?,28-18-,29-15+,32-20+,33-17-. The first-order valence-electron chi connectivity index (χ1n) is 12.4. The number of benzene rings is 1. The molecule has 0 spiro atoms. The highest BCUT2D eigenvalue weighted by atomic mass is 14.2. The second-order valence-corrected chi connectivity index (χ2v) is 8.74. The molecule has 0 atom stereocenters. The molecule has 0 unspecified atom stereocenters. The number of allylic oxidation sites excluding steroid dienone is 17. The van der Waals surface area contributed by atoms with Crippen LogP contribution in [0.1, 0.15) is 56.4 Å². The fourth-order valence-corrected chi connectivity index (χ4v) is 4.22. The average Bonchev–Trinajstić information content (AvgIpc) is 3.32. The van der Waals surface area contributed by atoms with Gasteiger partial charge in [-0.05, 0) is 85.9 Å². The van der Waals surface area contributed by atoms with Crippen molar-refractivity contribution >= 4 is 12.2 Å². The van der Waals surface area contributed by atoms with Gasteiger partial charge >= 0.3 is 0 Å². The normalized spacial score (nSPS) is 15.0. The predicted octanol–water partition coefficient (Wildman–Crippen LogP) is 10.0. The van der Waals surface area contributed by atoms with E-state index in [1.807, 2.05) is 44.2 Å². The molecular formula is C35H40. The summed E-state index contributed by atoms with van der Waals surface area (Å²) in [6.45, 7) is 20.4. The highest BCUT2D eigenvalue weighted by Crippen LogP contribution is 2.30. The van der Waals surface area contributed by atoms with Gasteiger partial charge < -0.3 is 0 Å². The van der Waals surface area contributed by atoms with E-state index in [2.05, 4.69) is 100 Å². The van der Waals surface area contributed by atoms with Crippen LogP contribution in [-0.4, -0.2) is 0 Å². The third kappa shape index (κ3) is 7.97. The lowest BCUT2D eigenvalue weighted by atomic mass is 9.90. The zero-order valence-corrected chi connectivity index (χ0v) is 22.0. The zero-order chi connectivity index (χ0) is 25.6. The lowest BCUT2D eigenvalue weighted by Gasteiger charge is -2.14. The van der Waals surface area contributed by atoms with Gasteiger partial charge in [-0.2, -0.15) is 0 Å².